The molecule has 23 heavy (non-hydrogen) atoms. The van der Waals surface area contributed by atoms with Crippen LogP contribution in [0, 0.1) is 0 Å². The number of carbonyl (C=O) groups excluding carboxylic acids is 1. The molecule has 0 unspecified atom stereocenters. The van der Waals surface area contributed by atoms with Crippen LogP contribution in [0.25, 0.3) is 5.57 Å². The van der Waals surface area contributed by atoms with Gasteiger partial charge in [-0.15, -0.1) is 0 Å². The molecule has 0 atom stereocenters. The maximum atomic E-state index is 12.9. The zero-order valence-electron chi connectivity index (χ0n) is 12.6. The van der Waals surface area contributed by atoms with E-state index in [4.69, 9.17) is 5.73 Å². The molecule has 118 valence electrons. The lowest BCUT2D eigenvalue weighted by molar-refractivity contribution is -0.113. The minimum Gasteiger partial charge on any atom is -0.365 e. The summed E-state index contributed by atoms with van der Waals surface area (Å²) in [4.78, 5) is 11.6. The monoisotopic (exact) mass is 328 g/mol. The third kappa shape index (κ3) is 2.31. The molecular formula is C17H16N2O3S. The summed E-state index contributed by atoms with van der Waals surface area (Å²) >= 11 is 0. The predicted molar refractivity (Wildman–Crippen MR) is 90.0 cm³/mol. The van der Waals surface area contributed by atoms with Gasteiger partial charge in [0.15, 0.2) is 4.91 Å². The summed E-state index contributed by atoms with van der Waals surface area (Å²) in [5.41, 5.74) is 7.69. The number of rotatable bonds is 3. The van der Waals surface area contributed by atoms with Crippen LogP contribution in [0.1, 0.15) is 18.1 Å². The molecule has 0 saturated carbocycles. The summed E-state index contributed by atoms with van der Waals surface area (Å²) in [6.07, 6.45) is 0. The number of amides is 1. The lowest BCUT2D eigenvalue weighted by Gasteiger charge is -2.32. The van der Waals surface area contributed by atoms with Gasteiger partial charge in [0.25, 0.3) is 15.9 Å². The van der Waals surface area contributed by atoms with Crippen LogP contribution < -0.4 is 10.0 Å². The molecule has 3 rings (SSSR count). The Labute approximate surface area is 135 Å². The summed E-state index contributed by atoms with van der Waals surface area (Å²) in [6, 6.07) is 16.1. The Morgan fingerprint density at radius 1 is 1.04 bits per heavy atom. The minimum absolute atomic E-state index is 0.220. The van der Waals surface area contributed by atoms with Crippen molar-refractivity contribution < 1.29 is 13.2 Å². The number of nitrogens with two attached hydrogens (primary N) is 1. The van der Waals surface area contributed by atoms with E-state index in [0.29, 0.717) is 22.4 Å². The van der Waals surface area contributed by atoms with Crippen LogP contribution in [0.5, 0.6) is 0 Å². The molecule has 5 nitrogen and oxygen atoms in total. The SMILES string of the molecule is CCN1c2ccccc2C(c2ccccc2)=C(C(N)=O)S1(=O)=O. The van der Waals surface area contributed by atoms with Crippen molar-refractivity contribution in [2.45, 2.75) is 6.92 Å². The van der Waals surface area contributed by atoms with Gasteiger partial charge in [0.1, 0.15) is 0 Å². The maximum absolute atomic E-state index is 12.9. The van der Waals surface area contributed by atoms with E-state index in [1.54, 1.807) is 49.4 Å². The molecule has 6 heteroatoms. The smallest absolute Gasteiger partial charge is 0.270 e. The number of benzene rings is 2. The number of hydrogen-bond acceptors (Lipinski definition) is 3. The summed E-state index contributed by atoms with van der Waals surface area (Å²) in [6.45, 7) is 1.94. The van der Waals surface area contributed by atoms with Crippen LogP contribution >= 0.6 is 0 Å². The van der Waals surface area contributed by atoms with Gasteiger partial charge in [0, 0.05) is 17.7 Å². The van der Waals surface area contributed by atoms with E-state index >= 15 is 0 Å². The van der Waals surface area contributed by atoms with Crippen molar-refractivity contribution in [2.75, 3.05) is 10.8 Å². The van der Waals surface area contributed by atoms with Crippen molar-refractivity contribution in [1.29, 1.82) is 0 Å². The summed E-state index contributed by atoms with van der Waals surface area (Å²) in [5.74, 6) is -0.947. The van der Waals surface area contributed by atoms with Crippen molar-refractivity contribution in [3.8, 4) is 0 Å². The normalized spacial score (nSPS) is 16.1. The molecule has 0 aromatic heterocycles. The summed E-state index contributed by atoms with van der Waals surface area (Å²) < 4.78 is 27.0. The fourth-order valence-corrected chi connectivity index (χ4v) is 4.59. The van der Waals surface area contributed by atoms with Crippen LogP contribution in [-0.2, 0) is 14.8 Å². The average molecular weight is 328 g/mol. The van der Waals surface area contributed by atoms with E-state index in [1.165, 1.54) is 4.31 Å². The van der Waals surface area contributed by atoms with Crippen molar-refractivity contribution in [3.05, 3.63) is 70.6 Å². The number of carbonyl (C=O) groups is 1. The second kappa shape index (κ2) is 5.55. The molecule has 2 aromatic carbocycles. The highest BCUT2D eigenvalue weighted by atomic mass is 32.2. The maximum Gasteiger partial charge on any atom is 0.270 e. The predicted octanol–water partition coefficient (Wildman–Crippen LogP) is 2.10. The van der Waals surface area contributed by atoms with E-state index in [1.807, 2.05) is 12.1 Å². The zero-order chi connectivity index (χ0) is 16.6. The number of nitrogens with zero attached hydrogens (tertiary/aromatic N) is 1. The first-order valence-electron chi connectivity index (χ1n) is 7.20. The first-order chi connectivity index (χ1) is 11.0. The van der Waals surface area contributed by atoms with Crippen LogP contribution in [0.2, 0.25) is 0 Å². The summed E-state index contributed by atoms with van der Waals surface area (Å²) in [7, 11) is -3.99. The number of sulfonamides is 1. The molecule has 1 aliphatic rings. The molecule has 1 aliphatic heterocycles. The van der Waals surface area contributed by atoms with Crippen molar-refractivity contribution in [3.63, 3.8) is 0 Å². The van der Waals surface area contributed by atoms with Gasteiger partial charge in [0.2, 0.25) is 0 Å². The third-order valence-electron chi connectivity index (χ3n) is 3.79. The first-order valence-corrected chi connectivity index (χ1v) is 8.64. The fourth-order valence-electron chi connectivity index (χ4n) is 2.88. The van der Waals surface area contributed by atoms with Gasteiger partial charge in [-0.05, 0) is 18.6 Å². The van der Waals surface area contributed by atoms with Gasteiger partial charge >= 0.3 is 0 Å². The quantitative estimate of drug-likeness (QED) is 0.937. The Hall–Kier alpha value is -2.60. The Balaban J connectivity index is 2.46. The van der Waals surface area contributed by atoms with Gasteiger partial charge < -0.3 is 5.73 Å². The Morgan fingerprint density at radius 2 is 1.65 bits per heavy atom. The van der Waals surface area contributed by atoms with E-state index in [0.717, 1.165) is 0 Å². The fraction of sp³-hybridized carbons (Fsp3) is 0.118. The number of hydrogen-bond donors (Lipinski definition) is 1. The Bertz CT molecular complexity index is 902. The van der Waals surface area contributed by atoms with Gasteiger partial charge in [0.05, 0.1) is 5.69 Å². The van der Waals surface area contributed by atoms with Gasteiger partial charge in [-0.25, -0.2) is 8.42 Å². The van der Waals surface area contributed by atoms with Crippen LogP contribution in [-0.4, -0.2) is 20.9 Å². The molecule has 2 N–H and O–H groups in total. The molecule has 1 amide bonds. The molecule has 0 aliphatic carbocycles. The molecule has 2 aromatic rings. The lowest BCUT2D eigenvalue weighted by Crippen LogP contribution is -2.39. The van der Waals surface area contributed by atoms with Gasteiger partial charge in [-0.1, -0.05) is 48.5 Å². The Morgan fingerprint density at radius 3 is 2.26 bits per heavy atom. The molecule has 0 spiro atoms. The van der Waals surface area contributed by atoms with Crippen LogP contribution in [0.3, 0.4) is 0 Å². The van der Waals surface area contributed by atoms with E-state index in [2.05, 4.69) is 0 Å². The molecule has 0 saturated heterocycles. The molecular weight excluding hydrogens is 312 g/mol. The van der Waals surface area contributed by atoms with Crippen molar-refractivity contribution in [2.24, 2.45) is 5.73 Å². The zero-order valence-corrected chi connectivity index (χ0v) is 13.4. The van der Waals surface area contributed by atoms with Crippen molar-refractivity contribution in [1.82, 2.24) is 0 Å². The molecule has 0 bridgehead atoms. The van der Waals surface area contributed by atoms with Crippen LogP contribution in [0.15, 0.2) is 59.5 Å². The highest BCUT2D eigenvalue weighted by molar-refractivity contribution is 7.97. The van der Waals surface area contributed by atoms with Gasteiger partial charge in [-0.3, -0.25) is 9.10 Å². The number of anilines is 1. The first kappa shape index (κ1) is 15.3. The van der Waals surface area contributed by atoms with E-state index < -0.39 is 15.9 Å². The second-order valence-corrected chi connectivity index (χ2v) is 6.92. The van der Waals surface area contributed by atoms with E-state index in [-0.39, 0.29) is 11.4 Å². The molecule has 0 fully saturated rings. The average Bonchev–Trinajstić information content (AvgIpc) is 2.53. The molecule has 0 radical (unpaired) electrons. The number of primary amides is 1. The second-order valence-electron chi connectivity index (χ2n) is 5.12. The third-order valence-corrected chi connectivity index (χ3v) is 5.75. The van der Waals surface area contributed by atoms with Gasteiger partial charge in [-0.2, -0.15) is 0 Å². The number of para-hydroxylation sites is 1. The molecule has 1 heterocycles. The van der Waals surface area contributed by atoms with Crippen LogP contribution in [0.4, 0.5) is 5.69 Å². The topological polar surface area (TPSA) is 80.5 Å². The Kier molecular flexibility index (Phi) is 3.69. The highest BCUT2D eigenvalue weighted by Gasteiger charge is 2.39. The largest absolute Gasteiger partial charge is 0.365 e. The standard InChI is InChI=1S/C17H16N2O3S/c1-2-19-14-11-7-6-10-13(14)15(12-8-4-3-5-9-12)16(17(18)20)23(19,21)22/h3-11H,2H2,1H3,(H2,18,20). The van der Waals surface area contributed by atoms with Crippen molar-refractivity contribution >= 4 is 27.2 Å². The lowest BCUT2D eigenvalue weighted by atomic mass is 9.95. The minimum atomic E-state index is -3.99. The highest BCUT2D eigenvalue weighted by Crippen LogP contribution is 2.42. The summed E-state index contributed by atoms with van der Waals surface area (Å²) in [5, 5.41) is 0. The number of fused-ring (bicyclic) bond motifs is 1. The van der Waals surface area contributed by atoms with E-state index in [9.17, 15) is 13.2 Å².